The van der Waals surface area contributed by atoms with E-state index < -0.39 is 5.97 Å². The lowest BCUT2D eigenvalue weighted by Crippen LogP contribution is -2.25. The fourth-order valence-electron chi connectivity index (χ4n) is 2.12. The summed E-state index contributed by atoms with van der Waals surface area (Å²) in [7, 11) is 0. The number of hydrogen-bond donors (Lipinski definition) is 3. The van der Waals surface area contributed by atoms with Crippen LogP contribution in [0.3, 0.4) is 0 Å². The van der Waals surface area contributed by atoms with Gasteiger partial charge in [-0.2, -0.15) is 0 Å². The topological polar surface area (TPSA) is 105 Å². The number of nitrogen functional groups attached to an aromatic ring is 1. The number of aliphatic carboxylic acids is 1. The molecule has 1 heterocycles. The van der Waals surface area contributed by atoms with Crippen molar-refractivity contribution < 1.29 is 14.7 Å². The van der Waals surface area contributed by atoms with Crippen LogP contribution in [0.25, 0.3) is 0 Å². The minimum Gasteiger partial charge on any atom is -0.481 e. The number of hydrogen-bond acceptors (Lipinski definition) is 4. The molecule has 120 valence electrons. The number of aryl methyl sites for hydroxylation is 2. The third kappa shape index (κ3) is 5.43. The van der Waals surface area contributed by atoms with Crippen LogP contribution in [0, 0.1) is 0 Å². The van der Waals surface area contributed by atoms with Crippen molar-refractivity contribution in [1.29, 1.82) is 0 Å². The number of amides is 1. The first-order chi connectivity index (χ1) is 11.0. The van der Waals surface area contributed by atoms with Gasteiger partial charge in [-0.25, -0.2) is 4.98 Å². The Hall–Kier alpha value is -2.89. The average Bonchev–Trinajstić information content (AvgIpc) is 2.53. The molecule has 0 aliphatic heterocycles. The highest BCUT2D eigenvalue weighted by Gasteiger charge is 2.06. The number of carboxylic acid groups (broad SMARTS) is 1. The van der Waals surface area contributed by atoms with Crippen molar-refractivity contribution in [1.82, 2.24) is 10.3 Å². The molecule has 0 aliphatic rings. The molecule has 1 amide bonds. The van der Waals surface area contributed by atoms with Crippen molar-refractivity contribution in [3.05, 3.63) is 59.3 Å². The van der Waals surface area contributed by atoms with Crippen LogP contribution in [-0.4, -0.2) is 28.5 Å². The van der Waals surface area contributed by atoms with Crippen LogP contribution < -0.4 is 11.1 Å². The van der Waals surface area contributed by atoms with Gasteiger partial charge in [-0.05, 0) is 42.7 Å². The molecule has 0 fully saturated rings. The van der Waals surface area contributed by atoms with Gasteiger partial charge in [-0.15, -0.1) is 0 Å². The van der Waals surface area contributed by atoms with E-state index in [1.54, 1.807) is 18.2 Å². The molecule has 0 saturated carbocycles. The van der Waals surface area contributed by atoms with Gasteiger partial charge in [0.25, 0.3) is 5.91 Å². The lowest BCUT2D eigenvalue weighted by Gasteiger charge is -2.06. The summed E-state index contributed by atoms with van der Waals surface area (Å²) in [5.74, 6) is -0.693. The fourth-order valence-corrected chi connectivity index (χ4v) is 2.12. The zero-order valence-corrected chi connectivity index (χ0v) is 12.7. The van der Waals surface area contributed by atoms with E-state index in [-0.39, 0.29) is 18.9 Å². The molecule has 0 spiro atoms. The highest BCUT2D eigenvalue weighted by molar-refractivity contribution is 5.94. The largest absolute Gasteiger partial charge is 0.481 e. The summed E-state index contributed by atoms with van der Waals surface area (Å²) in [4.78, 5) is 26.5. The molecule has 0 saturated heterocycles. The van der Waals surface area contributed by atoms with E-state index in [9.17, 15) is 9.59 Å². The van der Waals surface area contributed by atoms with Gasteiger partial charge in [0.05, 0.1) is 6.42 Å². The Bertz CT molecular complexity index is 684. The predicted octanol–water partition coefficient (Wildman–Crippen LogP) is 1.65. The van der Waals surface area contributed by atoms with Gasteiger partial charge >= 0.3 is 5.97 Å². The molecule has 2 aromatic rings. The minimum atomic E-state index is -0.934. The molecule has 0 radical (unpaired) electrons. The molecule has 0 aliphatic carbocycles. The number of nitrogens with zero attached hydrogens (tertiary/aromatic N) is 1. The molecular formula is C17H19N3O3. The van der Waals surface area contributed by atoms with Crippen molar-refractivity contribution in [3.8, 4) is 0 Å². The number of aromatic nitrogens is 1. The number of rotatable bonds is 7. The van der Waals surface area contributed by atoms with Gasteiger partial charge in [0.1, 0.15) is 5.82 Å². The fraction of sp³-hybridized carbons (Fsp3) is 0.235. The number of benzene rings is 1. The Morgan fingerprint density at radius 1 is 1.09 bits per heavy atom. The maximum absolute atomic E-state index is 11.8. The summed E-state index contributed by atoms with van der Waals surface area (Å²) in [5, 5.41) is 11.1. The third-order valence-corrected chi connectivity index (χ3v) is 3.34. The minimum absolute atomic E-state index is 0.0863. The van der Waals surface area contributed by atoms with E-state index >= 15 is 0 Å². The van der Waals surface area contributed by atoms with E-state index in [0.717, 1.165) is 24.1 Å². The van der Waals surface area contributed by atoms with Crippen LogP contribution in [0.4, 0.5) is 5.82 Å². The van der Waals surface area contributed by atoms with Crippen LogP contribution >= 0.6 is 0 Å². The molecule has 0 bridgehead atoms. The van der Waals surface area contributed by atoms with E-state index in [2.05, 4.69) is 10.3 Å². The second-order valence-corrected chi connectivity index (χ2v) is 5.15. The molecule has 1 aromatic carbocycles. The maximum atomic E-state index is 11.8. The number of nitrogens with two attached hydrogens (primary N) is 1. The van der Waals surface area contributed by atoms with Crippen LogP contribution in [0.5, 0.6) is 0 Å². The Kier molecular flexibility index (Phi) is 5.68. The molecule has 2 rings (SSSR count). The first kappa shape index (κ1) is 16.5. The van der Waals surface area contributed by atoms with Crippen molar-refractivity contribution >= 4 is 17.7 Å². The number of nitrogens with one attached hydrogen (secondary N) is 1. The van der Waals surface area contributed by atoms with Gasteiger partial charge < -0.3 is 16.2 Å². The van der Waals surface area contributed by atoms with Crippen LogP contribution in [0.1, 0.15) is 28.0 Å². The molecule has 0 atom stereocenters. The summed E-state index contributed by atoms with van der Waals surface area (Å²) in [6.45, 7) is 0.122. The normalized spacial score (nSPS) is 10.3. The van der Waals surface area contributed by atoms with Crippen molar-refractivity contribution in [2.24, 2.45) is 0 Å². The monoisotopic (exact) mass is 313 g/mol. The van der Waals surface area contributed by atoms with Gasteiger partial charge in [0, 0.05) is 17.8 Å². The standard InChI is InChI=1S/C17H19N3O3/c18-15-3-1-2-14(20-15)9-6-12-4-7-13(8-5-12)17(23)19-11-10-16(21)22/h1-5,7-8H,6,9-11H2,(H2,18,20)(H,19,23)(H,21,22). The Morgan fingerprint density at radius 2 is 1.83 bits per heavy atom. The van der Waals surface area contributed by atoms with E-state index in [1.807, 2.05) is 24.3 Å². The second-order valence-electron chi connectivity index (χ2n) is 5.15. The Labute approximate surface area is 134 Å². The van der Waals surface area contributed by atoms with Crippen molar-refractivity contribution in [2.75, 3.05) is 12.3 Å². The molecule has 6 heteroatoms. The molecule has 0 unspecified atom stereocenters. The van der Waals surface area contributed by atoms with Gasteiger partial charge in [-0.3, -0.25) is 9.59 Å². The van der Waals surface area contributed by atoms with Crippen LogP contribution in [0.2, 0.25) is 0 Å². The van der Waals surface area contributed by atoms with Gasteiger partial charge in [0.15, 0.2) is 0 Å². The molecule has 23 heavy (non-hydrogen) atoms. The number of pyridine rings is 1. The summed E-state index contributed by atoms with van der Waals surface area (Å²) in [5.41, 5.74) is 8.19. The van der Waals surface area contributed by atoms with E-state index in [0.29, 0.717) is 11.4 Å². The second kappa shape index (κ2) is 7.93. The van der Waals surface area contributed by atoms with Crippen LogP contribution in [-0.2, 0) is 17.6 Å². The van der Waals surface area contributed by atoms with E-state index in [4.69, 9.17) is 10.8 Å². The lowest BCUT2D eigenvalue weighted by molar-refractivity contribution is -0.136. The first-order valence-electron chi connectivity index (χ1n) is 7.35. The number of anilines is 1. The zero-order chi connectivity index (χ0) is 16.7. The van der Waals surface area contributed by atoms with Gasteiger partial charge in [0.2, 0.25) is 0 Å². The summed E-state index contributed by atoms with van der Waals surface area (Å²) in [6.07, 6.45) is 1.49. The van der Waals surface area contributed by atoms with E-state index in [1.165, 1.54) is 0 Å². The molecular weight excluding hydrogens is 294 g/mol. The smallest absolute Gasteiger partial charge is 0.305 e. The summed E-state index contributed by atoms with van der Waals surface area (Å²) in [6, 6.07) is 12.8. The number of carbonyl (C=O) groups is 2. The summed E-state index contributed by atoms with van der Waals surface area (Å²) < 4.78 is 0. The molecule has 4 N–H and O–H groups in total. The summed E-state index contributed by atoms with van der Waals surface area (Å²) >= 11 is 0. The SMILES string of the molecule is Nc1cccc(CCc2ccc(C(=O)NCCC(=O)O)cc2)n1. The van der Waals surface area contributed by atoms with Crippen molar-refractivity contribution in [2.45, 2.75) is 19.3 Å². The number of carbonyl (C=O) groups excluding carboxylic acids is 1. The van der Waals surface area contributed by atoms with Crippen LogP contribution in [0.15, 0.2) is 42.5 Å². The quantitative estimate of drug-likeness (QED) is 0.721. The Balaban J connectivity index is 1.86. The van der Waals surface area contributed by atoms with Crippen molar-refractivity contribution in [3.63, 3.8) is 0 Å². The Morgan fingerprint density at radius 3 is 2.48 bits per heavy atom. The number of carboxylic acids is 1. The molecule has 6 nitrogen and oxygen atoms in total. The highest BCUT2D eigenvalue weighted by Crippen LogP contribution is 2.09. The lowest BCUT2D eigenvalue weighted by atomic mass is 10.1. The molecule has 1 aromatic heterocycles. The third-order valence-electron chi connectivity index (χ3n) is 3.34. The predicted molar refractivity (Wildman–Crippen MR) is 87.1 cm³/mol. The highest BCUT2D eigenvalue weighted by atomic mass is 16.4. The van der Waals surface area contributed by atoms with Gasteiger partial charge in [-0.1, -0.05) is 18.2 Å². The average molecular weight is 313 g/mol. The first-order valence-corrected chi connectivity index (χ1v) is 7.35. The maximum Gasteiger partial charge on any atom is 0.305 e. The zero-order valence-electron chi connectivity index (χ0n) is 12.7.